The molecule has 1 fully saturated rings. The van der Waals surface area contributed by atoms with Crippen LogP contribution in [0.15, 0.2) is 0 Å². The molecule has 1 rings (SSSR count). The molecule has 76 valence electrons. The quantitative estimate of drug-likeness (QED) is 0.709. The Morgan fingerprint density at radius 3 is 3.08 bits per heavy atom. The molecule has 2 atom stereocenters. The topological polar surface area (TPSA) is 29.5 Å². The van der Waals surface area contributed by atoms with Gasteiger partial charge in [0.05, 0.1) is 10.9 Å². The molecular formula is C9H16BrNO2. The van der Waals surface area contributed by atoms with Gasteiger partial charge in [0.15, 0.2) is 0 Å². The highest BCUT2D eigenvalue weighted by atomic mass is 79.9. The van der Waals surface area contributed by atoms with E-state index >= 15 is 0 Å². The van der Waals surface area contributed by atoms with Gasteiger partial charge in [-0.15, -0.1) is 0 Å². The number of carbonyl (C=O) groups is 1. The van der Waals surface area contributed by atoms with Crippen LogP contribution in [0.1, 0.15) is 19.8 Å². The van der Waals surface area contributed by atoms with Crippen LogP contribution in [0, 0.1) is 0 Å². The molecule has 1 amide bonds. The summed E-state index contributed by atoms with van der Waals surface area (Å²) in [4.78, 5) is 13.5. The fraction of sp³-hybridized carbons (Fsp3) is 0.889. The minimum atomic E-state index is 0.0188. The third kappa shape index (κ3) is 2.95. The smallest absolute Gasteiger partial charge is 0.236 e. The number of ether oxygens (including phenoxy) is 1. The molecule has 0 spiro atoms. The summed E-state index contributed by atoms with van der Waals surface area (Å²) in [5.41, 5.74) is 0. The van der Waals surface area contributed by atoms with E-state index in [2.05, 4.69) is 15.9 Å². The van der Waals surface area contributed by atoms with E-state index in [1.807, 2.05) is 11.8 Å². The Kier molecular flexibility index (Phi) is 4.19. The van der Waals surface area contributed by atoms with Crippen molar-refractivity contribution in [1.82, 2.24) is 4.90 Å². The number of rotatable bonds is 3. The van der Waals surface area contributed by atoms with E-state index < -0.39 is 0 Å². The second kappa shape index (κ2) is 4.96. The molecule has 4 heteroatoms. The summed E-state index contributed by atoms with van der Waals surface area (Å²) in [6.45, 7) is 3.55. The number of halogens is 1. The van der Waals surface area contributed by atoms with Gasteiger partial charge in [-0.05, 0) is 19.8 Å². The molecule has 0 saturated carbocycles. The lowest BCUT2D eigenvalue weighted by Crippen LogP contribution is -2.45. The molecule has 0 radical (unpaired) electrons. The van der Waals surface area contributed by atoms with E-state index in [0.29, 0.717) is 6.54 Å². The van der Waals surface area contributed by atoms with Crippen LogP contribution in [0.2, 0.25) is 0 Å². The van der Waals surface area contributed by atoms with Crippen LogP contribution in [0.5, 0.6) is 0 Å². The van der Waals surface area contributed by atoms with Crippen molar-refractivity contribution in [3.05, 3.63) is 0 Å². The molecular weight excluding hydrogens is 234 g/mol. The first-order chi connectivity index (χ1) is 6.15. The number of amides is 1. The maximum absolute atomic E-state index is 11.6. The monoisotopic (exact) mass is 249 g/mol. The van der Waals surface area contributed by atoms with Crippen LogP contribution in [0.3, 0.4) is 0 Å². The van der Waals surface area contributed by atoms with Gasteiger partial charge in [0.2, 0.25) is 5.91 Å². The highest BCUT2D eigenvalue weighted by molar-refractivity contribution is 9.10. The Hall–Kier alpha value is -0.0900. The van der Waals surface area contributed by atoms with Crippen LogP contribution in [0.25, 0.3) is 0 Å². The molecule has 0 bridgehead atoms. The number of hydrogen-bond acceptors (Lipinski definition) is 2. The van der Waals surface area contributed by atoms with E-state index in [-0.39, 0.29) is 16.8 Å². The molecule has 0 aromatic carbocycles. The van der Waals surface area contributed by atoms with Crippen molar-refractivity contribution in [1.29, 1.82) is 0 Å². The molecule has 1 aliphatic heterocycles. The second-order valence-electron chi connectivity index (χ2n) is 3.44. The van der Waals surface area contributed by atoms with Gasteiger partial charge in [0.25, 0.3) is 0 Å². The SMILES string of the molecule is COC(C)CN1CCCC(Br)C1=O. The predicted octanol–water partition coefficient (Wildman–Crippen LogP) is 1.41. The number of likely N-dealkylation sites (tertiary alicyclic amines) is 1. The summed E-state index contributed by atoms with van der Waals surface area (Å²) < 4.78 is 5.13. The minimum absolute atomic E-state index is 0.0188. The Labute approximate surface area is 87.6 Å². The first-order valence-corrected chi connectivity index (χ1v) is 5.52. The van der Waals surface area contributed by atoms with Crippen molar-refractivity contribution in [2.45, 2.75) is 30.7 Å². The lowest BCUT2D eigenvalue weighted by atomic mass is 10.1. The third-order valence-electron chi connectivity index (χ3n) is 2.35. The molecule has 13 heavy (non-hydrogen) atoms. The number of piperidine rings is 1. The molecule has 0 N–H and O–H groups in total. The van der Waals surface area contributed by atoms with Gasteiger partial charge in [0.1, 0.15) is 0 Å². The van der Waals surface area contributed by atoms with Gasteiger partial charge in [0, 0.05) is 20.2 Å². The zero-order valence-corrected chi connectivity index (χ0v) is 9.71. The summed E-state index contributed by atoms with van der Waals surface area (Å²) in [7, 11) is 1.67. The summed E-state index contributed by atoms with van der Waals surface area (Å²) in [6.07, 6.45) is 2.16. The van der Waals surface area contributed by atoms with Crippen LogP contribution in [0.4, 0.5) is 0 Å². The number of carbonyl (C=O) groups excluding carboxylic acids is 1. The number of hydrogen-bond donors (Lipinski definition) is 0. The number of methoxy groups -OCH3 is 1. The molecule has 3 nitrogen and oxygen atoms in total. The summed E-state index contributed by atoms with van der Waals surface area (Å²) in [5, 5.41) is 0. The molecule has 0 aliphatic carbocycles. The van der Waals surface area contributed by atoms with Crippen molar-refractivity contribution in [2.24, 2.45) is 0 Å². The van der Waals surface area contributed by atoms with Gasteiger partial charge in [-0.25, -0.2) is 0 Å². The first kappa shape index (κ1) is 11.0. The van der Waals surface area contributed by atoms with Crippen molar-refractivity contribution < 1.29 is 9.53 Å². The van der Waals surface area contributed by atoms with Gasteiger partial charge in [-0.2, -0.15) is 0 Å². The Balaban J connectivity index is 2.44. The van der Waals surface area contributed by atoms with Gasteiger partial charge < -0.3 is 9.64 Å². The molecule has 0 aromatic rings. The number of alkyl halides is 1. The van der Waals surface area contributed by atoms with E-state index in [1.165, 1.54) is 0 Å². The van der Waals surface area contributed by atoms with Crippen molar-refractivity contribution in [3.8, 4) is 0 Å². The second-order valence-corrected chi connectivity index (χ2v) is 4.55. The Bertz CT molecular complexity index is 186. The van der Waals surface area contributed by atoms with Crippen LogP contribution in [-0.2, 0) is 9.53 Å². The highest BCUT2D eigenvalue weighted by Crippen LogP contribution is 2.18. The highest BCUT2D eigenvalue weighted by Gasteiger charge is 2.27. The fourth-order valence-electron chi connectivity index (χ4n) is 1.46. The molecule has 2 unspecified atom stereocenters. The van der Waals surface area contributed by atoms with Crippen LogP contribution < -0.4 is 0 Å². The van der Waals surface area contributed by atoms with E-state index in [4.69, 9.17) is 4.74 Å². The zero-order chi connectivity index (χ0) is 9.84. The van der Waals surface area contributed by atoms with Crippen LogP contribution >= 0.6 is 15.9 Å². The predicted molar refractivity (Wildman–Crippen MR) is 55.0 cm³/mol. The number of nitrogens with zero attached hydrogens (tertiary/aromatic N) is 1. The van der Waals surface area contributed by atoms with E-state index in [9.17, 15) is 4.79 Å². The Morgan fingerprint density at radius 2 is 2.46 bits per heavy atom. The van der Waals surface area contributed by atoms with Crippen LogP contribution in [-0.4, -0.2) is 41.9 Å². The lowest BCUT2D eigenvalue weighted by Gasteiger charge is -2.31. The van der Waals surface area contributed by atoms with Crippen molar-refractivity contribution in [2.75, 3.05) is 20.2 Å². The van der Waals surface area contributed by atoms with Gasteiger partial charge >= 0.3 is 0 Å². The maximum atomic E-state index is 11.6. The van der Waals surface area contributed by atoms with Gasteiger partial charge in [-0.1, -0.05) is 15.9 Å². The normalized spacial score (nSPS) is 26.2. The fourth-order valence-corrected chi connectivity index (χ4v) is 2.07. The minimum Gasteiger partial charge on any atom is -0.380 e. The van der Waals surface area contributed by atoms with E-state index in [1.54, 1.807) is 7.11 Å². The Morgan fingerprint density at radius 1 is 1.77 bits per heavy atom. The third-order valence-corrected chi connectivity index (χ3v) is 3.19. The van der Waals surface area contributed by atoms with Gasteiger partial charge in [-0.3, -0.25) is 4.79 Å². The maximum Gasteiger partial charge on any atom is 0.236 e. The summed E-state index contributed by atoms with van der Waals surface area (Å²) in [6, 6.07) is 0. The standard InChI is InChI=1S/C9H16BrNO2/c1-7(13-2)6-11-5-3-4-8(10)9(11)12/h7-8H,3-6H2,1-2H3. The molecule has 1 aliphatic rings. The average molecular weight is 250 g/mol. The average Bonchev–Trinajstić information content (AvgIpc) is 2.13. The molecule has 1 saturated heterocycles. The summed E-state index contributed by atoms with van der Waals surface area (Å²) in [5.74, 6) is 0.204. The molecule has 0 aromatic heterocycles. The largest absolute Gasteiger partial charge is 0.380 e. The summed E-state index contributed by atoms with van der Waals surface area (Å²) >= 11 is 3.37. The van der Waals surface area contributed by atoms with E-state index in [0.717, 1.165) is 19.4 Å². The lowest BCUT2D eigenvalue weighted by molar-refractivity contribution is -0.134. The van der Waals surface area contributed by atoms with Crippen molar-refractivity contribution >= 4 is 21.8 Å². The zero-order valence-electron chi connectivity index (χ0n) is 8.12. The molecule has 1 heterocycles. The van der Waals surface area contributed by atoms with Crippen molar-refractivity contribution in [3.63, 3.8) is 0 Å². The first-order valence-electron chi connectivity index (χ1n) is 4.60.